The molecule has 3 aromatic carbocycles. The topological polar surface area (TPSA) is 176 Å². The van der Waals surface area contributed by atoms with Gasteiger partial charge < -0.3 is 20.1 Å². The Morgan fingerprint density at radius 2 is 1.69 bits per heavy atom. The quantitative estimate of drug-likeness (QED) is 0.130. The number of aryl methyl sites for hydroxylation is 1. The molecule has 0 saturated carbocycles. The number of aromatic nitrogens is 1. The molecule has 5 amide bonds. The fraction of sp³-hybridized carbons (Fsp3) is 0.400. The van der Waals surface area contributed by atoms with Gasteiger partial charge in [-0.3, -0.25) is 39.0 Å². The Kier molecular flexibility index (Phi) is 10.1. The number of unbranched alkanes of at least 4 members (excludes halogenated alkanes) is 3. The molecule has 1 atom stereocenters. The summed E-state index contributed by atoms with van der Waals surface area (Å²) in [6.07, 6.45) is 4.69. The number of carbonyl (C=O) groups excluding carboxylic acids is 6. The summed E-state index contributed by atoms with van der Waals surface area (Å²) in [4.78, 5) is 86.7. The minimum Gasteiger partial charge on any atom is -0.384 e. The van der Waals surface area contributed by atoms with Crippen LogP contribution in [0.4, 0.5) is 11.4 Å². The molecule has 13 heteroatoms. The first kappa shape index (κ1) is 38.6. The van der Waals surface area contributed by atoms with Crippen LogP contribution in [-0.2, 0) is 26.2 Å². The lowest BCUT2D eigenvalue weighted by Gasteiger charge is -2.37. The van der Waals surface area contributed by atoms with Crippen molar-refractivity contribution in [3.8, 4) is 6.07 Å². The van der Waals surface area contributed by atoms with Crippen LogP contribution >= 0.6 is 0 Å². The molecule has 0 radical (unpaired) electrons. The highest BCUT2D eigenvalue weighted by molar-refractivity contribution is 6.26. The summed E-state index contributed by atoms with van der Waals surface area (Å²) in [7, 11) is 0. The van der Waals surface area contributed by atoms with E-state index in [-0.39, 0.29) is 35.7 Å². The Bertz CT molecular complexity index is 2450. The van der Waals surface area contributed by atoms with Crippen molar-refractivity contribution in [2.45, 2.75) is 83.6 Å². The minimum atomic E-state index is -1.01. The summed E-state index contributed by atoms with van der Waals surface area (Å²) in [5.74, 6) is -2.03. The Balaban J connectivity index is 0.843. The predicted octanol–water partition coefficient (Wildman–Crippen LogP) is 5.58. The first-order chi connectivity index (χ1) is 27.9. The molecule has 0 spiro atoms. The standard InChI is InChI=1S/C45H47N7O6/c1-4-26-13-14-30-29(22-26)40(55)39-38-32(48-41(39)45(30,2)3)23-27(25-46)24-34(38)50-18-20-51(21-19-50)36(54)12-7-5-6-8-17-47-31-11-9-10-28-37(31)44(58)52(43(28)57)33-15-16-35(53)49-42(33)56/h9-11,13-14,22-24,33,47-48H,4-8,12,15-21H2,1-3H3,(H,49,53,56). The number of nitriles is 1. The minimum absolute atomic E-state index is 0.00466. The zero-order chi connectivity index (χ0) is 40.9. The largest absolute Gasteiger partial charge is 0.384 e. The number of amides is 5. The van der Waals surface area contributed by atoms with Gasteiger partial charge in [-0.2, -0.15) is 5.26 Å². The van der Waals surface area contributed by atoms with Crippen LogP contribution in [0.3, 0.4) is 0 Å². The number of H-pyrrole nitrogens is 1. The van der Waals surface area contributed by atoms with E-state index in [0.29, 0.717) is 56.0 Å². The smallest absolute Gasteiger partial charge is 0.264 e. The molecule has 1 unspecified atom stereocenters. The van der Waals surface area contributed by atoms with Crippen LogP contribution in [0.15, 0.2) is 48.5 Å². The van der Waals surface area contributed by atoms with Gasteiger partial charge in [0.15, 0.2) is 5.78 Å². The van der Waals surface area contributed by atoms with Gasteiger partial charge in [-0.1, -0.05) is 51.8 Å². The number of benzene rings is 3. The zero-order valence-electron chi connectivity index (χ0n) is 33.1. The first-order valence-electron chi connectivity index (χ1n) is 20.3. The summed E-state index contributed by atoms with van der Waals surface area (Å²) in [6.45, 7) is 9.16. The van der Waals surface area contributed by atoms with E-state index in [1.165, 1.54) is 0 Å². The van der Waals surface area contributed by atoms with Crippen molar-refractivity contribution in [3.63, 3.8) is 0 Å². The number of rotatable bonds is 11. The van der Waals surface area contributed by atoms with Gasteiger partial charge in [0, 0.05) is 84.5 Å². The third-order valence-electron chi connectivity index (χ3n) is 12.3. The highest BCUT2D eigenvalue weighted by atomic mass is 16.2. The Morgan fingerprint density at radius 3 is 2.43 bits per heavy atom. The summed E-state index contributed by atoms with van der Waals surface area (Å²) in [5, 5.41) is 16.3. The predicted molar refractivity (Wildman–Crippen MR) is 218 cm³/mol. The van der Waals surface area contributed by atoms with E-state index in [4.69, 9.17) is 0 Å². The van der Waals surface area contributed by atoms with Crippen molar-refractivity contribution in [2.24, 2.45) is 0 Å². The second-order valence-electron chi connectivity index (χ2n) is 16.2. The number of nitrogens with zero attached hydrogens (tertiary/aromatic N) is 4. The lowest BCUT2D eigenvalue weighted by Crippen LogP contribution is -2.54. The molecule has 3 N–H and O–H groups in total. The van der Waals surface area contributed by atoms with E-state index in [1.807, 2.05) is 23.1 Å². The summed E-state index contributed by atoms with van der Waals surface area (Å²) < 4.78 is 0. The maximum atomic E-state index is 14.3. The second-order valence-corrected chi connectivity index (χ2v) is 16.2. The molecular formula is C45H47N7O6. The SMILES string of the molecule is CCc1ccc2c(c1)C(=O)c1c([nH]c3cc(C#N)cc(N4CCN(C(=O)CCCCCCNc5cccc6c5C(=O)N(C5CCC(=O)NC5=O)C6=O)CC4)c13)C2(C)C. The van der Waals surface area contributed by atoms with Crippen molar-refractivity contribution in [1.29, 1.82) is 5.26 Å². The summed E-state index contributed by atoms with van der Waals surface area (Å²) in [5.41, 5.74) is 7.06. The van der Waals surface area contributed by atoms with E-state index in [2.05, 4.69) is 59.5 Å². The van der Waals surface area contributed by atoms with Crippen molar-refractivity contribution in [1.82, 2.24) is 20.1 Å². The first-order valence-corrected chi connectivity index (χ1v) is 20.3. The molecule has 4 heterocycles. The number of piperazine rings is 1. The lowest BCUT2D eigenvalue weighted by molar-refractivity contribution is -0.136. The fourth-order valence-corrected chi connectivity index (χ4v) is 9.13. The number of aromatic amines is 1. The third kappa shape index (κ3) is 6.60. The number of nitrogens with one attached hydrogen (secondary N) is 3. The molecule has 1 aromatic heterocycles. The van der Waals surface area contributed by atoms with Crippen molar-refractivity contribution in [2.75, 3.05) is 42.9 Å². The van der Waals surface area contributed by atoms with E-state index in [1.54, 1.807) is 18.2 Å². The van der Waals surface area contributed by atoms with E-state index < -0.39 is 35.1 Å². The number of imide groups is 2. The van der Waals surface area contributed by atoms with Crippen LogP contribution in [0.1, 0.15) is 125 Å². The summed E-state index contributed by atoms with van der Waals surface area (Å²) >= 11 is 0. The van der Waals surface area contributed by atoms with Gasteiger partial charge in [0.05, 0.1) is 28.3 Å². The number of anilines is 2. The number of hydrogen-bond donors (Lipinski definition) is 3. The number of fused-ring (bicyclic) bond motifs is 5. The molecule has 3 aliphatic heterocycles. The number of ketones is 1. The molecular weight excluding hydrogens is 735 g/mol. The van der Waals surface area contributed by atoms with Gasteiger partial charge in [0.2, 0.25) is 17.7 Å². The lowest BCUT2D eigenvalue weighted by atomic mass is 9.71. The van der Waals surface area contributed by atoms with E-state index >= 15 is 0 Å². The van der Waals surface area contributed by atoms with Crippen molar-refractivity contribution < 1.29 is 28.8 Å². The van der Waals surface area contributed by atoms with Crippen LogP contribution in [0.5, 0.6) is 0 Å². The van der Waals surface area contributed by atoms with Crippen LogP contribution < -0.4 is 15.5 Å². The van der Waals surface area contributed by atoms with Crippen LogP contribution in [-0.4, -0.2) is 88.9 Å². The molecule has 58 heavy (non-hydrogen) atoms. The van der Waals surface area contributed by atoms with Crippen molar-refractivity contribution in [3.05, 3.63) is 93.2 Å². The second kappa shape index (κ2) is 15.2. The molecule has 13 nitrogen and oxygen atoms in total. The average Bonchev–Trinajstić information content (AvgIpc) is 3.74. The van der Waals surface area contributed by atoms with E-state index in [9.17, 15) is 34.0 Å². The molecule has 1 aliphatic carbocycles. The van der Waals surface area contributed by atoms with Gasteiger partial charge in [-0.15, -0.1) is 0 Å². The number of piperidine rings is 1. The van der Waals surface area contributed by atoms with Crippen LogP contribution in [0.2, 0.25) is 0 Å². The van der Waals surface area contributed by atoms with Gasteiger partial charge in [0.25, 0.3) is 11.8 Å². The van der Waals surface area contributed by atoms with Crippen LogP contribution in [0.25, 0.3) is 10.9 Å². The molecule has 8 rings (SSSR count). The van der Waals surface area contributed by atoms with Gasteiger partial charge in [-0.25, -0.2) is 0 Å². The monoisotopic (exact) mass is 781 g/mol. The number of hydrogen-bond acceptors (Lipinski definition) is 9. The molecule has 4 aliphatic rings. The molecule has 0 bridgehead atoms. The van der Waals surface area contributed by atoms with Crippen LogP contribution in [0, 0.1) is 11.3 Å². The molecule has 2 fully saturated rings. The van der Waals surface area contributed by atoms with Gasteiger partial charge in [-0.05, 0) is 67.1 Å². The average molecular weight is 782 g/mol. The number of carbonyl (C=O) groups is 6. The highest BCUT2D eigenvalue weighted by Gasteiger charge is 2.46. The Labute approximate surface area is 336 Å². The van der Waals surface area contributed by atoms with Crippen molar-refractivity contribution >= 4 is 57.6 Å². The van der Waals surface area contributed by atoms with E-state index in [0.717, 1.165) is 76.0 Å². The Hall–Kier alpha value is -6.29. The van der Waals surface area contributed by atoms with Gasteiger partial charge in [0.1, 0.15) is 6.04 Å². The maximum Gasteiger partial charge on any atom is 0.264 e. The normalized spacial score (nSPS) is 18.6. The fourth-order valence-electron chi connectivity index (χ4n) is 9.13. The third-order valence-corrected chi connectivity index (χ3v) is 12.3. The highest BCUT2D eigenvalue weighted by Crippen LogP contribution is 2.46. The Morgan fingerprint density at radius 1 is 0.914 bits per heavy atom. The molecule has 298 valence electrons. The van der Waals surface area contributed by atoms with Gasteiger partial charge >= 0.3 is 0 Å². The maximum absolute atomic E-state index is 14.3. The zero-order valence-corrected chi connectivity index (χ0v) is 33.1. The molecule has 2 saturated heterocycles. The summed E-state index contributed by atoms with van der Waals surface area (Å²) in [6, 6.07) is 16.2. The molecule has 4 aromatic rings.